The highest BCUT2D eigenvalue weighted by Crippen LogP contribution is 2.29. The van der Waals surface area contributed by atoms with Crippen LogP contribution in [-0.4, -0.2) is 75.3 Å². The van der Waals surface area contributed by atoms with Crippen LogP contribution in [0, 0.1) is 5.82 Å². The highest BCUT2D eigenvalue weighted by atomic mass is 19.1. The molecule has 9 nitrogen and oxygen atoms in total. The summed E-state index contributed by atoms with van der Waals surface area (Å²) in [7, 11) is 3.70. The highest BCUT2D eigenvalue weighted by Gasteiger charge is 2.32. The van der Waals surface area contributed by atoms with Gasteiger partial charge in [0, 0.05) is 42.6 Å². The summed E-state index contributed by atoms with van der Waals surface area (Å²) in [6.45, 7) is 3.64. The Morgan fingerprint density at radius 2 is 1.85 bits per heavy atom. The number of methoxy groups -OCH3 is 1. The third kappa shape index (κ3) is 4.42. The molecular weight excluding hydrogens is 437 g/mol. The molecule has 0 saturated carbocycles. The van der Waals surface area contributed by atoms with E-state index in [-0.39, 0.29) is 11.4 Å². The quantitative estimate of drug-likeness (QED) is 0.468. The Morgan fingerprint density at radius 1 is 1.09 bits per heavy atom. The van der Waals surface area contributed by atoms with Crippen LogP contribution in [0.5, 0.6) is 5.75 Å². The zero-order valence-corrected chi connectivity index (χ0v) is 19.1. The molecule has 176 valence electrons. The number of tetrazole rings is 1. The predicted octanol–water partition coefficient (Wildman–Crippen LogP) is 2.05. The first-order valence-corrected chi connectivity index (χ1v) is 11.2. The number of aromatic amines is 1. The molecule has 4 aromatic rings. The molecule has 1 aliphatic rings. The Morgan fingerprint density at radius 3 is 2.59 bits per heavy atom. The average molecular weight is 464 g/mol. The number of hydrogen-bond donors (Lipinski definition) is 1. The number of hydrogen-bond acceptors (Lipinski definition) is 7. The number of likely N-dealkylation sites (N-methyl/N-ethyl adjacent to an activating group) is 1. The number of halogens is 1. The molecule has 0 unspecified atom stereocenters. The van der Waals surface area contributed by atoms with Gasteiger partial charge in [0.1, 0.15) is 17.6 Å². The Bertz CT molecular complexity index is 1340. The molecule has 5 rings (SSSR count). The van der Waals surface area contributed by atoms with Crippen molar-refractivity contribution in [1.82, 2.24) is 35.0 Å². The van der Waals surface area contributed by atoms with Gasteiger partial charge in [0.2, 0.25) is 0 Å². The zero-order valence-electron chi connectivity index (χ0n) is 19.1. The van der Waals surface area contributed by atoms with Crippen molar-refractivity contribution in [3.05, 3.63) is 81.7 Å². The predicted molar refractivity (Wildman–Crippen MR) is 125 cm³/mol. The summed E-state index contributed by atoms with van der Waals surface area (Å²) in [4.78, 5) is 20.8. The summed E-state index contributed by atoms with van der Waals surface area (Å²) in [5.74, 6) is 0.985. The van der Waals surface area contributed by atoms with Gasteiger partial charge in [0.05, 0.1) is 13.7 Å². The van der Waals surface area contributed by atoms with Crippen molar-refractivity contribution in [3.63, 3.8) is 0 Å². The number of H-pyrrole nitrogens is 1. The number of nitrogens with one attached hydrogen (secondary N) is 1. The van der Waals surface area contributed by atoms with E-state index in [1.165, 1.54) is 12.1 Å². The Hall–Kier alpha value is -3.63. The van der Waals surface area contributed by atoms with E-state index < -0.39 is 6.04 Å². The first-order valence-electron chi connectivity index (χ1n) is 11.2. The Balaban J connectivity index is 1.60. The van der Waals surface area contributed by atoms with E-state index in [0.29, 0.717) is 23.7 Å². The fourth-order valence-electron chi connectivity index (χ4n) is 4.39. The molecule has 1 saturated heterocycles. The first-order chi connectivity index (χ1) is 16.5. The standard InChI is InChI=1S/C24H26FN7O2/c1-30-9-11-31(12-10-30)22(20-14-17-13-19(34-2)7-8-21(17)26-24(20)33)23-27-28-29-32(23)15-16-3-5-18(25)6-4-16/h3-8,13-14,22H,9-12,15H2,1-2H3,(H,26,33)/t22-/m1/s1. The molecule has 34 heavy (non-hydrogen) atoms. The number of nitrogens with zero attached hydrogens (tertiary/aromatic N) is 6. The lowest BCUT2D eigenvalue weighted by Gasteiger charge is -2.37. The molecule has 2 aromatic carbocycles. The van der Waals surface area contributed by atoms with E-state index in [9.17, 15) is 9.18 Å². The largest absolute Gasteiger partial charge is 0.497 e. The first kappa shape index (κ1) is 22.2. The molecule has 0 spiro atoms. The number of benzene rings is 2. The maximum Gasteiger partial charge on any atom is 0.253 e. The molecular formula is C24H26FN7O2. The monoisotopic (exact) mass is 463 g/mol. The molecule has 1 aliphatic heterocycles. The van der Waals surface area contributed by atoms with Gasteiger partial charge in [-0.2, -0.15) is 0 Å². The lowest BCUT2D eigenvalue weighted by Crippen LogP contribution is -2.47. The molecule has 1 atom stereocenters. The summed E-state index contributed by atoms with van der Waals surface area (Å²) in [5.41, 5.74) is 1.99. The number of pyridine rings is 1. The Labute approximate surface area is 195 Å². The maximum atomic E-state index is 13.4. The molecule has 0 bridgehead atoms. The van der Waals surface area contributed by atoms with Crippen LogP contribution in [0.4, 0.5) is 4.39 Å². The van der Waals surface area contributed by atoms with Gasteiger partial charge in [-0.25, -0.2) is 9.07 Å². The fourth-order valence-corrected chi connectivity index (χ4v) is 4.39. The molecule has 0 amide bonds. The summed E-state index contributed by atoms with van der Waals surface area (Å²) in [6.07, 6.45) is 0. The van der Waals surface area contributed by atoms with Gasteiger partial charge in [0.15, 0.2) is 5.82 Å². The van der Waals surface area contributed by atoms with Gasteiger partial charge < -0.3 is 14.6 Å². The van der Waals surface area contributed by atoms with E-state index >= 15 is 0 Å². The smallest absolute Gasteiger partial charge is 0.253 e. The van der Waals surface area contributed by atoms with Crippen LogP contribution in [0.1, 0.15) is 23.0 Å². The van der Waals surface area contributed by atoms with Crippen molar-refractivity contribution >= 4 is 10.9 Å². The van der Waals surface area contributed by atoms with Gasteiger partial charge in [-0.3, -0.25) is 9.69 Å². The second-order valence-electron chi connectivity index (χ2n) is 8.57. The van der Waals surface area contributed by atoms with Crippen molar-refractivity contribution in [2.45, 2.75) is 12.6 Å². The van der Waals surface area contributed by atoms with Crippen molar-refractivity contribution < 1.29 is 9.13 Å². The number of rotatable bonds is 6. The van der Waals surface area contributed by atoms with Gasteiger partial charge >= 0.3 is 0 Å². The van der Waals surface area contributed by atoms with Crippen LogP contribution >= 0.6 is 0 Å². The number of piperazine rings is 1. The molecule has 0 radical (unpaired) electrons. The lowest BCUT2D eigenvalue weighted by molar-refractivity contribution is 0.121. The van der Waals surface area contributed by atoms with E-state index in [1.807, 2.05) is 24.3 Å². The van der Waals surface area contributed by atoms with Crippen LogP contribution in [0.25, 0.3) is 10.9 Å². The Kier molecular flexibility index (Phi) is 6.08. The van der Waals surface area contributed by atoms with Crippen molar-refractivity contribution in [2.75, 3.05) is 40.3 Å². The van der Waals surface area contributed by atoms with Gasteiger partial charge in [-0.15, -0.1) is 5.10 Å². The van der Waals surface area contributed by atoms with Crippen LogP contribution in [0.2, 0.25) is 0 Å². The van der Waals surface area contributed by atoms with Crippen molar-refractivity contribution in [2.24, 2.45) is 0 Å². The summed E-state index contributed by atoms with van der Waals surface area (Å²) in [6, 6.07) is 13.3. The second-order valence-corrected chi connectivity index (χ2v) is 8.57. The molecule has 1 N–H and O–H groups in total. The maximum absolute atomic E-state index is 13.4. The van der Waals surface area contributed by atoms with Crippen LogP contribution in [0.3, 0.4) is 0 Å². The minimum Gasteiger partial charge on any atom is -0.497 e. The van der Waals surface area contributed by atoms with Crippen LogP contribution in [0.15, 0.2) is 53.3 Å². The summed E-state index contributed by atoms with van der Waals surface area (Å²) in [5, 5.41) is 13.4. The number of aromatic nitrogens is 5. The summed E-state index contributed by atoms with van der Waals surface area (Å²) < 4.78 is 20.5. The second kappa shape index (κ2) is 9.32. The van der Waals surface area contributed by atoms with Gasteiger partial charge in [-0.1, -0.05) is 12.1 Å². The molecule has 3 heterocycles. The number of ether oxygens (including phenoxy) is 1. The third-order valence-corrected chi connectivity index (χ3v) is 6.33. The van der Waals surface area contributed by atoms with E-state index in [1.54, 1.807) is 23.9 Å². The van der Waals surface area contributed by atoms with E-state index in [0.717, 1.165) is 42.6 Å². The molecule has 0 aliphatic carbocycles. The van der Waals surface area contributed by atoms with Gasteiger partial charge in [0.25, 0.3) is 5.56 Å². The topological polar surface area (TPSA) is 92.2 Å². The van der Waals surface area contributed by atoms with Gasteiger partial charge in [-0.05, 0) is 59.4 Å². The SMILES string of the molecule is COc1ccc2[nH]c(=O)c([C@H](c3nnnn3Cc3ccc(F)cc3)N3CCN(C)CC3)cc2c1. The molecule has 1 fully saturated rings. The van der Waals surface area contributed by atoms with Crippen molar-refractivity contribution in [3.8, 4) is 5.75 Å². The number of fused-ring (bicyclic) bond motifs is 1. The van der Waals surface area contributed by atoms with Crippen molar-refractivity contribution in [1.29, 1.82) is 0 Å². The summed E-state index contributed by atoms with van der Waals surface area (Å²) >= 11 is 0. The fraction of sp³-hybridized carbons (Fsp3) is 0.333. The average Bonchev–Trinajstić information content (AvgIpc) is 3.29. The van der Waals surface area contributed by atoms with E-state index in [2.05, 4.69) is 37.4 Å². The van der Waals surface area contributed by atoms with E-state index in [4.69, 9.17) is 4.74 Å². The highest BCUT2D eigenvalue weighted by molar-refractivity contribution is 5.80. The zero-order chi connectivity index (χ0) is 23.7. The third-order valence-electron chi connectivity index (χ3n) is 6.33. The minimum absolute atomic E-state index is 0.182. The minimum atomic E-state index is -0.441. The van der Waals surface area contributed by atoms with Crippen LogP contribution < -0.4 is 10.3 Å². The normalized spacial score (nSPS) is 16.1. The molecule has 10 heteroatoms. The lowest BCUT2D eigenvalue weighted by atomic mass is 10.0. The van der Waals surface area contributed by atoms with Crippen LogP contribution in [-0.2, 0) is 6.54 Å². The molecule has 2 aromatic heterocycles.